The molecule has 1 heterocycles. The van der Waals surface area contributed by atoms with Gasteiger partial charge in [0.05, 0.1) is 13.0 Å². The summed E-state index contributed by atoms with van der Waals surface area (Å²) in [6.07, 6.45) is 0.0727. The monoisotopic (exact) mass is 342 g/mol. The molecule has 0 fully saturated rings. The van der Waals surface area contributed by atoms with Gasteiger partial charge in [-0.1, -0.05) is 18.2 Å². The number of Topliss-reactive ketones (excluding diaryl/α,β-unsaturated/α-hetero) is 1. The van der Waals surface area contributed by atoms with Gasteiger partial charge in [0.1, 0.15) is 19.0 Å². The Bertz CT molecular complexity index is 741. The number of ketones is 1. The molecule has 130 valence electrons. The van der Waals surface area contributed by atoms with E-state index in [-0.39, 0.29) is 25.4 Å². The van der Waals surface area contributed by atoms with Crippen molar-refractivity contribution in [3.8, 4) is 17.2 Å². The van der Waals surface area contributed by atoms with Gasteiger partial charge < -0.3 is 18.9 Å². The maximum absolute atomic E-state index is 12.1. The molecule has 1 aliphatic heterocycles. The molecule has 0 saturated heterocycles. The maximum Gasteiger partial charge on any atom is 0.309 e. The van der Waals surface area contributed by atoms with E-state index in [1.54, 1.807) is 30.3 Å². The average molecular weight is 342 g/mol. The van der Waals surface area contributed by atoms with Crippen molar-refractivity contribution in [2.75, 3.05) is 26.4 Å². The van der Waals surface area contributed by atoms with Crippen molar-refractivity contribution in [1.29, 1.82) is 0 Å². The molecule has 2 aromatic carbocycles. The van der Waals surface area contributed by atoms with Crippen molar-refractivity contribution in [1.82, 2.24) is 0 Å². The molecule has 6 nitrogen and oxygen atoms in total. The molecule has 0 bridgehead atoms. The fourth-order valence-electron chi connectivity index (χ4n) is 2.29. The summed E-state index contributed by atoms with van der Waals surface area (Å²) >= 11 is 0. The highest BCUT2D eigenvalue weighted by Crippen LogP contribution is 2.30. The average Bonchev–Trinajstić information content (AvgIpc) is 2.66. The van der Waals surface area contributed by atoms with Crippen LogP contribution < -0.4 is 14.2 Å². The zero-order chi connectivity index (χ0) is 17.5. The first-order chi connectivity index (χ1) is 12.2. The summed E-state index contributed by atoms with van der Waals surface area (Å²) in [5.74, 6) is 1.04. The number of carbonyl (C=O) groups is 2. The number of fused-ring (bicyclic) bond motifs is 1. The fraction of sp³-hybridized carbons (Fsp3) is 0.263. The number of hydrogen-bond donors (Lipinski definition) is 0. The van der Waals surface area contributed by atoms with Crippen LogP contribution in [0.5, 0.6) is 17.2 Å². The molecule has 0 spiro atoms. The number of ether oxygens (including phenoxy) is 4. The van der Waals surface area contributed by atoms with Gasteiger partial charge in [-0.15, -0.1) is 0 Å². The van der Waals surface area contributed by atoms with E-state index in [9.17, 15) is 9.59 Å². The maximum atomic E-state index is 12.1. The summed E-state index contributed by atoms with van der Waals surface area (Å²) in [7, 11) is 0. The van der Waals surface area contributed by atoms with Crippen LogP contribution in [0.1, 0.15) is 16.8 Å². The van der Waals surface area contributed by atoms with Gasteiger partial charge >= 0.3 is 5.97 Å². The van der Waals surface area contributed by atoms with Crippen molar-refractivity contribution >= 4 is 11.8 Å². The highest BCUT2D eigenvalue weighted by atomic mass is 16.6. The third kappa shape index (κ3) is 4.73. The molecule has 0 N–H and O–H groups in total. The van der Waals surface area contributed by atoms with Crippen LogP contribution in [0.25, 0.3) is 0 Å². The summed E-state index contributed by atoms with van der Waals surface area (Å²) in [5, 5.41) is 0. The zero-order valence-electron chi connectivity index (χ0n) is 13.6. The number of rotatable bonds is 7. The molecule has 0 aliphatic carbocycles. The Kier molecular flexibility index (Phi) is 5.51. The molecule has 25 heavy (non-hydrogen) atoms. The van der Waals surface area contributed by atoms with Gasteiger partial charge in [0, 0.05) is 5.56 Å². The first-order valence-electron chi connectivity index (χ1n) is 7.99. The molecule has 0 amide bonds. The van der Waals surface area contributed by atoms with Crippen LogP contribution in [0.3, 0.4) is 0 Å². The van der Waals surface area contributed by atoms with E-state index in [2.05, 4.69) is 0 Å². The van der Waals surface area contributed by atoms with E-state index in [4.69, 9.17) is 18.9 Å². The lowest BCUT2D eigenvalue weighted by Gasteiger charge is -2.18. The van der Waals surface area contributed by atoms with Crippen molar-refractivity contribution < 1.29 is 28.5 Å². The van der Waals surface area contributed by atoms with E-state index < -0.39 is 5.97 Å². The lowest BCUT2D eigenvalue weighted by Crippen LogP contribution is -2.18. The lowest BCUT2D eigenvalue weighted by atomic mass is 10.1. The smallest absolute Gasteiger partial charge is 0.309 e. The number of carbonyl (C=O) groups excluding carboxylic acids is 2. The van der Waals surface area contributed by atoms with E-state index in [1.807, 2.05) is 18.2 Å². The number of esters is 1. The summed E-state index contributed by atoms with van der Waals surface area (Å²) in [6.45, 7) is 0.814. The number of benzene rings is 2. The van der Waals surface area contributed by atoms with Crippen LogP contribution in [-0.4, -0.2) is 38.2 Å². The first kappa shape index (κ1) is 16.8. The van der Waals surface area contributed by atoms with Gasteiger partial charge in [0.15, 0.2) is 23.9 Å². The Balaban J connectivity index is 1.43. The van der Waals surface area contributed by atoms with Crippen molar-refractivity contribution in [2.45, 2.75) is 6.42 Å². The third-order valence-corrected chi connectivity index (χ3v) is 3.55. The summed E-state index contributed by atoms with van der Waals surface area (Å²) in [6, 6.07) is 14.1. The Hall–Kier alpha value is -3.02. The van der Waals surface area contributed by atoms with E-state index in [0.717, 1.165) is 0 Å². The van der Waals surface area contributed by atoms with Crippen molar-refractivity contribution in [2.24, 2.45) is 0 Å². The van der Waals surface area contributed by atoms with E-state index in [1.165, 1.54) is 0 Å². The number of para-hydroxylation sites is 1. The molecule has 6 heteroatoms. The van der Waals surface area contributed by atoms with Gasteiger partial charge in [-0.2, -0.15) is 0 Å². The van der Waals surface area contributed by atoms with E-state index in [0.29, 0.717) is 36.0 Å². The Labute approximate surface area is 145 Å². The van der Waals surface area contributed by atoms with Gasteiger partial charge in [-0.05, 0) is 30.3 Å². The standard InChI is InChI=1S/C19H18O6/c20-16(14-6-7-17-18(12-14)24-11-10-23-17)13-25-19(21)8-9-22-15-4-2-1-3-5-15/h1-7,12H,8-11,13H2. The molecule has 3 rings (SSSR count). The van der Waals surface area contributed by atoms with Crippen LogP contribution >= 0.6 is 0 Å². The highest BCUT2D eigenvalue weighted by Gasteiger charge is 2.16. The topological polar surface area (TPSA) is 71.1 Å². The first-order valence-corrected chi connectivity index (χ1v) is 7.99. The molecule has 0 aromatic heterocycles. The Morgan fingerprint density at radius 3 is 2.52 bits per heavy atom. The van der Waals surface area contributed by atoms with E-state index >= 15 is 0 Å². The van der Waals surface area contributed by atoms with Gasteiger partial charge in [-0.25, -0.2) is 0 Å². The highest BCUT2D eigenvalue weighted by molar-refractivity contribution is 5.98. The molecule has 0 unspecified atom stereocenters. The molecule has 1 aliphatic rings. The fourth-order valence-corrected chi connectivity index (χ4v) is 2.29. The molecular formula is C19H18O6. The largest absolute Gasteiger partial charge is 0.493 e. The van der Waals surface area contributed by atoms with Gasteiger partial charge in [0.25, 0.3) is 0 Å². The Morgan fingerprint density at radius 2 is 1.72 bits per heavy atom. The molecule has 2 aromatic rings. The second-order valence-corrected chi connectivity index (χ2v) is 5.35. The van der Waals surface area contributed by atoms with Crippen LogP contribution in [-0.2, 0) is 9.53 Å². The summed E-state index contributed by atoms with van der Waals surface area (Å²) in [4.78, 5) is 23.8. The van der Waals surface area contributed by atoms with Crippen molar-refractivity contribution in [3.05, 3.63) is 54.1 Å². The van der Waals surface area contributed by atoms with Gasteiger partial charge in [-0.3, -0.25) is 9.59 Å². The predicted octanol–water partition coefficient (Wildman–Crippen LogP) is 2.65. The second kappa shape index (κ2) is 8.19. The van der Waals surface area contributed by atoms with Crippen LogP contribution in [0.4, 0.5) is 0 Å². The minimum absolute atomic E-state index is 0.0727. The van der Waals surface area contributed by atoms with Crippen LogP contribution in [0, 0.1) is 0 Å². The SMILES string of the molecule is O=C(CCOc1ccccc1)OCC(=O)c1ccc2c(c1)OCCO2. The summed E-state index contributed by atoms with van der Waals surface area (Å²) < 4.78 is 21.2. The number of hydrogen-bond acceptors (Lipinski definition) is 6. The minimum Gasteiger partial charge on any atom is -0.493 e. The predicted molar refractivity (Wildman–Crippen MR) is 89.3 cm³/mol. The third-order valence-electron chi connectivity index (χ3n) is 3.55. The minimum atomic E-state index is -0.484. The molecule has 0 radical (unpaired) electrons. The quantitative estimate of drug-likeness (QED) is 0.569. The lowest BCUT2D eigenvalue weighted by molar-refractivity contribution is -0.143. The molecule has 0 atom stereocenters. The zero-order valence-corrected chi connectivity index (χ0v) is 13.6. The van der Waals surface area contributed by atoms with Crippen LogP contribution in [0.2, 0.25) is 0 Å². The summed E-state index contributed by atoms with van der Waals surface area (Å²) in [5.41, 5.74) is 0.414. The van der Waals surface area contributed by atoms with Gasteiger partial charge in [0.2, 0.25) is 0 Å². The van der Waals surface area contributed by atoms with Crippen LogP contribution in [0.15, 0.2) is 48.5 Å². The normalized spacial score (nSPS) is 12.3. The van der Waals surface area contributed by atoms with Crippen molar-refractivity contribution in [3.63, 3.8) is 0 Å². The molecular weight excluding hydrogens is 324 g/mol. The second-order valence-electron chi connectivity index (χ2n) is 5.35. The molecule has 0 saturated carbocycles. The Morgan fingerprint density at radius 1 is 0.960 bits per heavy atom.